The van der Waals surface area contributed by atoms with Crippen LogP contribution in [0.3, 0.4) is 0 Å². The SMILES string of the molecule is Cn1cc(C(=O)NC[C@H]2COc3ccccc3O2)c2ccccc21. The largest absolute Gasteiger partial charge is 0.486 e. The zero-order valence-corrected chi connectivity index (χ0v) is 13.4. The van der Waals surface area contributed by atoms with Crippen LogP contribution in [0.2, 0.25) is 0 Å². The van der Waals surface area contributed by atoms with Gasteiger partial charge in [0.05, 0.1) is 12.1 Å². The molecule has 0 radical (unpaired) electrons. The smallest absolute Gasteiger partial charge is 0.253 e. The summed E-state index contributed by atoms with van der Waals surface area (Å²) in [5.41, 5.74) is 1.71. The van der Waals surface area contributed by atoms with Gasteiger partial charge in [-0.05, 0) is 18.2 Å². The third-order valence-corrected chi connectivity index (χ3v) is 4.20. The number of hydrogen-bond acceptors (Lipinski definition) is 3. The highest BCUT2D eigenvalue weighted by Crippen LogP contribution is 2.30. The molecule has 5 heteroatoms. The molecule has 0 fully saturated rings. The minimum Gasteiger partial charge on any atom is -0.486 e. The van der Waals surface area contributed by atoms with Crippen molar-refractivity contribution in [1.82, 2.24) is 9.88 Å². The van der Waals surface area contributed by atoms with E-state index in [1.807, 2.05) is 66.3 Å². The van der Waals surface area contributed by atoms with Crippen LogP contribution in [-0.2, 0) is 7.05 Å². The monoisotopic (exact) mass is 322 g/mol. The van der Waals surface area contributed by atoms with Gasteiger partial charge in [-0.3, -0.25) is 4.79 Å². The first kappa shape index (κ1) is 14.6. The Hall–Kier alpha value is -2.95. The van der Waals surface area contributed by atoms with Gasteiger partial charge in [0.25, 0.3) is 5.91 Å². The van der Waals surface area contributed by atoms with E-state index in [0.717, 1.165) is 16.7 Å². The van der Waals surface area contributed by atoms with Crippen LogP contribution in [0.15, 0.2) is 54.7 Å². The van der Waals surface area contributed by atoms with Gasteiger partial charge in [0, 0.05) is 24.1 Å². The molecule has 0 saturated carbocycles. The topological polar surface area (TPSA) is 52.5 Å². The number of para-hydroxylation sites is 3. The average molecular weight is 322 g/mol. The Morgan fingerprint density at radius 2 is 1.92 bits per heavy atom. The Morgan fingerprint density at radius 3 is 2.79 bits per heavy atom. The van der Waals surface area contributed by atoms with Gasteiger partial charge >= 0.3 is 0 Å². The summed E-state index contributed by atoms with van der Waals surface area (Å²) in [5.74, 6) is 1.36. The highest BCUT2D eigenvalue weighted by molar-refractivity contribution is 6.06. The fraction of sp³-hybridized carbons (Fsp3) is 0.211. The van der Waals surface area contributed by atoms with Crippen molar-refractivity contribution in [3.8, 4) is 11.5 Å². The van der Waals surface area contributed by atoms with Gasteiger partial charge in [-0.1, -0.05) is 30.3 Å². The molecule has 5 nitrogen and oxygen atoms in total. The summed E-state index contributed by atoms with van der Waals surface area (Å²) in [6.45, 7) is 0.823. The number of nitrogens with zero attached hydrogens (tertiary/aromatic N) is 1. The molecule has 3 aromatic rings. The molecule has 1 N–H and O–H groups in total. The summed E-state index contributed by atoms with van der Waals surface area (Å²) in [5, 5.41) is 3.90. The van der Waals surface area contributed by atoms with Crippen LogP contribution in [0.5, 0.6) is 11.5 Å². The van der Waals surface area contributed by atoms with Gasteiger partial charge in [-0.25, -0.2) is 0 Å². The van der Waals surface area contributed by atoms with E-state index >= 15 is 0 Å². The maximum Gasteiger partial charge on any atom is 0.253 e. The maximum atomic E-state index is 12.5. The van der Waals surface area contributed by atoms with E-state index in [4.69, 9.17) is 9.47 Å². The number of aromatic nitrogens is 1. The summed E-state index contributed by atoms with van der Waals surface area (Å²) >= 11 is 0. The molecule has 0 spiro atoms. The number of ether oxygens (including phenoxy) is 2. The molecule has 0 aliphatic carbocycles. The molecule has 0 unspecified atom stereocenters. The summed E-state index contributed by atoms with van der Waals surface area (Å²) in [7, 11) is 1.94. The van der Waals surface area contributed by atoms with Gasteiger partial charge in [0.2, 0.25) is 0 Å². The molecule has 24 heavy (non-hydrogen) atoms. The molecular weight excluding hydrogens is 304 g/mol. The molecule has 122 valence electrons. The number of fused-ring (bicyclic) bond motifs is 2. The van der Waals surface area contributed by atoms with Crippen molar-refractivity contribution in [3.63, 3.8) is 0 Å². The number of rotatable bonds is 3. The first-order chi connectivity index (χ1) is 11.7. The molecule has 2 heterocycles. The van der Waals surface area contributed by atoms with E-state index in [-0.39, 0.29) is 12.0 Å². The Morgan fingerprint density at radius 1 is 1.17 bits per heavy atom. The molecule has 1 aromatic heterocycles. The first-order valence-electron chi connectivity index (χ1n) is 7.93. The highest BCUT2D eigenvalue weighted by atomic mass is 16.6. The van der Waals surface area contributed by atoms with Crippen molar-refractivity contribution in [1.29, 1.82) is 0 Å². The van der Waals surface area contributed by atoms with E-state index in [0.29, 0.717) is 24.5 Å². The lowest BCUT2D eigenvalue weighted by atomic mass is 10.1. The molecule has 1 aliphatic heterocycles. The second kappa shape index (κ2) is 5.92. The van der Waals surface area contributed by atoms with Gasteiger partial charge in [-0.15, -0.1) is 0 Å². The second-order valence-corrected chi connectivity index (χ2v) is 5.88. The van der Waals surface area contributed by atoms with Crippen LogP contribution in [0.1, 0.15) is 10.4 Å². The molecule has 1 aliphatic rings. The quantitative estimate of drug-likeness (QED) is 0.807. The molecule has 4 rings (SSSR count). The average Bonchev–Trinajstić information content (AvgIpc) is 2.97. The van der Waals surface area contributed by atoms with Crippen molar-refractivity contribution in [2.24, 2.45) is 7.05 Å². The van der Waals surface area contributed by atoms with E-state index in [2.05, 4.69) is 5.32 Å². The Labute approximate surface area is 139 Å². The molecule has 1 atom stereocenters. The maximum absolute atomic E-state index is 12.5. The fourth-order valence-corrected chi connectivity index (χ4v) is 2.99. The van der Waals surface area contributed by atoms with Crippen molar-refractivity contribution in [2.75, 3.05) is 13.2 Å². The van der Waals surface area contributed by atoms with Crippen LogP contribution in [0, 0.1) is 0 Å². The summed E-state index contributed by atoms with van der Waals surface area (Å²) < 4.78 is 13.5. The van der Waals surface area contributed by atoms with Crippen molar-refractivity contribution in [3.05, 3.63) is 60.3 Å². The minimum absolute atomic E-state index is 0.103. The normalized spacial score (nSPS) is 16.1. The lowest BCUT2D eigenvalue weighted by molar-refractivity contribution is 0.0790. The van der Waals surface area contributed by atoms with Gasteiger partial charge in [0.15, 0.2) is 11.5 Å². The predicted octanol–water partition coefficient (Wildman–Crippen LogP) is 2.75. The summed E-state index contributed by atoms with van der Waals surface area (Å²) in [4.78, 5) is 12.5. The van der Waals surface area contributed by atoms with E-state index < -0.39 is 0 Å². The molecule has 0 saturated heterocycles. The van der Waals surface area contributed by atoms with Crippen molar-refractivity contribution >= 4 is 16.8 Å². The van der Waals surface area contributed by atoms with Crippen molar-refractivity contribution in [2.45, 2.75) is 6.10 Å². The Balaban J connectivity index is 1.45. The third-order valence-electron chi connectivity index (χ3n) is 4.20. The standard InChI is InChI=1S/C19H18N2O3/c1-21-11-15(14-6-2-3-7-16(14)21)19(22)20-10-13-12-23-17-8-4-5-9-18(17)24-13/h2-9,11,13H,10,12H2,1H3,(H,20,22)/t13-/m0/s1. The van der Waals surface area contributed by atoms with Crippen LogP contribution in [0.25, 0.3) is 10.9 Å². The molecule has 2 aromatic carbocycles. The lowest BCUT2D eigenvalue weighted by Crippen LogP contribution is -2.40. The number of amides is 1. The van der Waals surface area contributed by atoms with Crippen LogP contribution < -0.4 is 14.8 Å². The zero-order chi connectivity index (χ0) is 16.5. The fourth-order valence-electron chi connectivity index (χ4n) is 2.99. The van der Waals surface area contributed by atoms with E-state index in [1.165, 1.54) is 0 Å². The number of aryl methyl sites for hydroxylation is 1. The van der Waals surface area contributed by atoms with E-state index in [9.17, 15) is 4.79 Å². The van der Waals surface area contributed by atoms with Crippen LogP contribution in [0.4, 0.5) is 0 Å². The molecular formula is C19H18N2O3. The van der Waals surface area contributed by atoms with Gasteiger partial charge in [-0.2, -0.15) is 0 Å². The predicted molar refractivity (Wildman–Crippen MR) is 91.6 cm³/mol. The van der Waals surface area contributed by atoms with Crippen LogP contribution >= 0.6 is 0 Å². The first-order valence-corrected chi connectivity index (χ1v) is 7.93. The third kappa shape index (κ3) is 2.58. The number of carbonyl (C=O) groups excluding carboxylic acids is 1. The molecule has 1 amide bonds. The summed E-state index contributed by atoms with van der Waals surface area (Å²) in [6.07, 6.45) is 1.66. The number of hydrogen-bond donors (Lipinski definition) is 1. The van der Waals surface area contributed by atoms with Crippen molar-refractivity contribution < 1.29 is 14.3 Å². The highest BCUT2D eigenvalue weighted by Gasteiger charge is 2.22. The summed E-state index contributed by atoms with van der Waals surface area (Å²) in [6, 6.07) is 15.4. The van der Waals surface area contributed by atoms with E-state index in [1.54, 1.807) is 0 Å². The zero-order valence-electron chi connectivity index (χ0n) is 13.4. The van der Waals surface area contributed by atoms with Crippen LogP contribution in [-0.4, -0.2) is 29.7 Å². The number of benzene rings is 2. The second-order valence-electron chi connectivity index (χ2n) is 5.88. The van der Waals surface area contributed by atoms with Gasteiger partial charge < -0.3 is 19.4 Å². The minimum atomic E-state index is -0.196. The number of nitrogens with one attached hydrogen (secondary N) is 1. The number of carbonyl (C=O) groups is 1. The lowest BCUT2D eigenvalue weighted by Gasteiger charge is -2.26. The Bertz CT molecular complexity index is 901. The Kier molecular flexibility index (Phi) is 3.61. The van der Waals surface area contributed by atoms with Gasteiger partial charge in [0.1, 0.15) is 12.7 Å². The molecule has 0 bridgehead atoms.